The van der Waals surface area contributed by atoms with E-state index in [1.807, 2.05) is 0 Å². The average Bonchev–Trinajstić information content (AvgIpc) is 2.85. The van der Waals surface area contributed by atoms with Gasteiger partial charge in [-0.05, 0) is 12.1 Å². The second kappa shape index (κ2) is 6.45. The molecule has 1 heterocycles. The Morgan fingerprint density at radius 3 is 3.00 bits per heavy atom. The standard InChI is InChI=1S/C12H11Cl2N3O2/c1-2-5-15-12-17-16-11(19-12)7-18-10-6-8(13)3-4-9(10)14/h2-4,6H,1,5,7H2,(H,15,17). The van der Waals surface area contributed by atoms with Gasteiger partial charge in [0, 0.05) is 17.6 Å². The number of hydrogen-bond acceptors (Lipinski definition) is 5. The second-order valence-electron chi connectivity index (χ2n) is 3.53. The molecule has 0 aliphatic heterocycles. The van der Waals surface area contributed by atoms with Crippen LogP contribution in [-0.4, -0.2) is 16.7 Å². The maximum absolute atomic E-state index is 5.96. The highest BCUT2D eigenvalue weighted by Crippen LogP contribution is 2.28. The third-order valence-corrected chi connectivity index (χ3v) is 2.66. The first-order valence-electron chi connectivity index (χ1n) is 5.44. The molecule has 100 valence electrons. The summed E-state index contributed by atoms with van der Waals surface area (Å²) < 4.78 is 10.8. The summed E-state index contributed by atoms with van der Waals surface area (Å²) in [4.78, 5) is 0. The number of ether oxygens (including phenoxy) is 1. The number of hydrogen-bond donors (Lipinski definition) is 1. The first-order chi connectivity index (χ1) is 9.19. The maximum atomic E-state index is 5.96. The zero-order valence-corrected chi connectivity index (χ0v) is 11.4. The Balaban J connectivity index is 1.96. The smallest absolute Gasteiger partial charge is 0.315 e. The van der Waals surface area contributed by atoms with Crippen molar-refractivity contribution in [3.63, 3.8) is 0 Å². The van der Waals surface area contributed by atoms with Crippen LogP contribution in [0.5, 0.6) is 5.75 Å². The molecule has 0 aliphatic carbocycles. The van der Waals surface area contributed by atoms with Crippen LogP contribution in [0.2, 0.25) is 10.0 Å². The van der Waals surface area contributed by atoms with E-state index in [-0.39, 0.29) is 6.61 Å². The lowest BCUT2D eigenvalue weighted by atomic mass is 10.3. The summed E-state index contributed by atoms with van der Waals surface area (Å²) in [7, 11) is 0. The van der Waals surface area contributed by atoms with Crippen LogP contribution in [0.3, 0.4) is 0 Å². The van der Waals surface area contributed by atoms with Crippen molar-refractivity contribution in [1.29, 1.82) is 0 Å². The quantitative estimate of drug-likeness (QED) is 0.827. The van der Waals surface area contributed by atoms with Crippen molar-refractivity contribution in [3.05, 3.63) is 46.8 Å². The summed E-state index contributed by atoms with van der Waals surface area (Å²) in [6, 6.07) is 5.28. The molecule has 1 aromatic heterocycles. The Labute approximate surface area is 120 Å². The molecule has 0 amide bonds. The zero-order valence-electron chi connectivity index (χ0n) is 9.90. The van der Waals surface area contributed by atoms with Crippen molar-refractivity contribution in [1.82, 2.24) is 10.2 Å². The Morgan fingerprint density at radius 2 is 2.21 bits per heavy atom. The highest BCUT2D eigenvalue weighted by Gasteiger charge is 2.08. The normalized spacial score (nSPS) is 10.2. The minimum atomic E-state index is 0.114. The first kappa shape index (κ1) is 13.7. The molecule has 7 heteroatoms. The highest BCUT2D eigenvalue weighted by molar-refractivity contribution is 6.34. The molecular formula is C12H11Cl2N3O2. The van der Waals surface area contributed by atoms with Gasteiger partial charge in [-0.3, -0.25) is 0 Å². The predicted molar refractivity (Wildman–Crippen MR) is 73.8 cm³/mol. The van der Waals surface area contributed by atoms with Gasteiger partial charge in [0.15, 0.2) is 6.61 Å². The lowest BCUT2D eigenvalue weighted by molar-refractivity contribution is 0.265. The summed E-state index contributed by atoms with van der Waals surface area (Å²) in [6.07, 6.45) is 1.69. The number of aromatic nitrogens is 2. The molecule has 0 bridgehead atoms. The van der Waals surface area contributed by atoms with Gasteiger partial charge in [0.05, 0.1) is 5.02 Å². The topological polar surface area (TPSA) is 60.2 Å². The maximum Gasteiger partial charge on any atom is 0.315 e. The fourth-order valence-electron chi connectivity index (χ4n) is 1.27. The van der Waals surface area contributed by atoms with E-state index < -0.39 is 0 Å². The van der Waals surface area contributed by atoms with Gasteiger partial charge in [0.1, 0.15) is 5.75 Å². The Kier molecular flexibility index (Phi) is 4.65. The van der Waals surface area contributed by atoms with Crippen LogP contribution in [0, 0.1) is 0 Å². The van der Waals surface area contributed by atoms with Gasteiger partial charge in [-0.15, -0.1) is 11.7 Å². The molecule has 0 aliphatic rings. The van der Waals surface area contributed by atoms with Crippen molar-refractivity contribution in [2.75, 3.05) is 11.9 Å². The third-order valence-electron chi connectivity index (χ3n) is 2.11. The van der Waals surface area contributed by atoms with Crippen molar-refractivity contribution >= 4 is 29.2 Å². The van der Waals surface area contributed by atoms with Crippen LogP contribution >= 0.6 is 23.2 Å². The second-order valence-corrected chi connectivity index (χ2v) is 4.38. The van der Waals surface area contributed by atoms with Crippen LogP contribution in [0.15, 0.2) is 35.3 Å². The molecular weight excluding hydrogens is 289 g/mol. The molecule has 0 unspecified atom stereocenters. The van der Waals surface area contributed by atoms with Crippen LogP contribution in [0.25, 0.3) is 0 Å². The molecule has 1 N–H and O–H groups in total. The Morgan fingerprint density at radius 1 is 1.37 bits per heavy atom. The largest absolute Gasteiger partial charge is 0.482 e. The minimum absolute atomic E-state index is 0.114. The van der Waals surface area contributed by atoms with Crippen LogP contribution in [0.1, 0.15) is 5.89 Å². The molecule has 2 rings (SSSR count). The fourth-order valence-corrected chi connectivity index (χ4v) is 1.60. The summed E-state index contributed by atoms with van der Waals surface area (Å²) in [5, 5.41) is 11.5. The number of benzene rings is 1. The molecule has 0 radical (unpaired) electrons. The fraction of sp³-hybridized carbons (Fsp3) is 0.167. The van der Waals surface area contributed by atoms with Gasteiger partial charge in [0.2, 0.25) is 0 Å². The van der Waals surface area contributed by atoms with Gasteiger partial charge >= 0.3 is 6.01 Å². The SMILES string of the molecule is C=CCNc1nnc(COc2cc(Cl)ccc2Cl)o1. The summed E-state index contributed by atoms with van der Waals surface area (Å²) in [5.74, 6) is 0.801. The van der Waals surface area contributed by atoms with E-state index in [1.165, 1.54) is 0 Å². The van der Waals surface area contributed by atoms with Gasteiger partial charge in [0.25, 0.3) is 5.89 Å². The van der Waals surface area contributed by atoms with Crippen molar-refractivity contribution in [2.45, 2.75) is 6.61 Å². The Hall–Kier alpha value is -1.72. The van der Waals surface area contributed by atoms with Crippen LogP contribution in [0.4, 0.5) is 6.01 Å². The molecule has 5 nitrogen and oxygen atoms in total. The predicted octanol–water partition coefficient (Wildman–Crippen LogP) is 3.55. The van der Waals surface area contributed by atoms with E-state index >= 15 is 0 Å². The molecule has 0 saturated carbocycles. The summed E-state index contributed by atoms with van der Waals surface area (Å²) >= 11 is 11.8. The lowest BCUT2D eigenvalue weighted by Crippen LogP contribution is -1.97. The molecule has 1 aromatic carbocycles. The average molecular weight is 300 g/mol. The molecule has 0 spiro atoms. The van der Waals surface area contributed by atoms with Crippen LogP contribution < -0.4 is 10.1 Å². The van der Waals surface area contributed by atoms with Crippen molar-refractivity contribution in [2.24, 2.45) is 0 Å². The van der Waals surface area contributed by atoms with Crippen LogP contribution in [-0.2, 0) is 6.61 Å². The number of rotatable bonds is 6. The van der Waals surface area contributed by atoms with E-state index in [1.54, 1.807) is 24.3 Å². The summed E-state index contributed by atoms with van der Waals surface area (Å²) in [5.41, 5.74) is 0. The van der Waals surface area contributed by atoms with Crippen molar-refractivity contribution < 1.29 is 9.15 Å². The van der Waals surface area contributed by atoms with E-state index in [4.69, 9.17) is 32.4 Å². The van der Waals surface area contributed by atoms with Gasteiger partial charge < -0.3 is 14.5 Å². The minimum Gasteiger partial charge on any atom is -0.482 e. The molecule has 0 saturated heterocycles. The number of nitrogens with zero attached hydrogens (tertiary/aromatic N) is 2. The number of anilines is 1. The molecule has 0 fully saturated rings. The van der Waals surface area contributed by atoms with Crippen molar-refractivity contribution in [3.8, 4) is 5.75 Å². The van der Waals surface area contributed by atoms with E-state index in [0.29, 0.717) is 34.2 Å². The lowest BCUT2D eigenvalue weighted by Gasteiger charge is -2.05. The molecule has 2 aromatic rings. The molecule has 19 heavy (non-hydrogen) atoms. The van der Waals surface area contributed by atoms with Gasteiger partial charge in [-0.1, -0.05) is 34.4 Å². The number of nitrogens with one attached hydrogen (secondary N) is 1. The summed E-state index contributed by atoms with van der Waals surface area (Å²) in [6.45, 7) is 4.23. The number of halogens is 2. The monoisotopic (exact) mass is 299 g/mol. The van der Waals surface area contributed by atoms with E-state index in [9.17, 15) is 0 Å². The van der Waals surface area contributed by atoms with E-state index in [2.05, 4.69) is 22.1 Å². The third kappa shape index (κ3) is 3.87. The van der Waals surface area contributed by atoms with E-state index in [0.717, 1.165) is 0 Å². The Bertz CT molecular complexity index is 572. The first-order valence-corrected chi connectivity index (χ1v) is 6.19. The van der Waals surface area contributed by atoms with Gasteiger partial charge in [-0.25, -0.2) is 0 Å². The molecule has 0 atom stereocenters. The zero-order chi connectivity index (χ0) is 13.7. The highest BCUT2D eigenvalue weighted by atomic mass is 35.5. The van der Waals surface area contributed by atoms with Gasteiger partial charge in [-0.2, -0.15) is 0 Å².